The van der Waals surface area contributed by atoms with E-state index in [4.69, 9.17) is 9.47 Å². The second-order valence-corrected chi connectivity index (χ2v) is 7.37. The molecule has 33 heavy (non-hydrogen) atoms. The topological polar surface area (TPSA) is 116 Å². The molecule has 0 saturated heterocycles. The van der Waals surface area contributed by atoms with Gasteiger partial charge in [-0.25, -0.2) is 4.39 Å². The minimum atomic E-state index is -0.466. The molecule has 0 bridgehead atoms. The van der Waals surface area contributed by atoms with Crippen molar-refractivity contribution < 1.29 is 23.5 Å². The number of ether oxygens (including phenoxy) is 2. The lowest BCUT2D eigenvalue weighted by atomic mass is 10.2. The van der Waals surface area contributed by atoms with E-state index in [1.54, 1.807) is 33.3 Å². The Morgan fingerprint density at radius 2 is 2.06 bits per heavy atom. The van der Waals surface area contributed by atoms with Crippen molar-refractivity contribution >= 4 is 17.5 Å². The van der Waals surface area contributed by atoms with Crippen LogP contribution in [-0.4, -0.2) is 68.1 Å². The summed E-state index contributed by atoms with van der Waals surface area (Å²) in [5.74, 6) is -0.857. The Kier molecular flexibility index (Phi) is 7.95. The van der Waals surface area contributed by atoms with Crippen LogP contribution in [0, 0.1) is 12.7 Å². The Labute approximate surface area is 190 Å². The second-order valence-electron chi connectivity index (χ2n) is 7.37. The van der Waals surface area contributed by atoms with E-state index in [1.807, 2.05) is 0 Å². The summed E-state index contributed by atoms with van der Waals surface area (Å²) in [6, 6.07) is 4.88. The lowest BCUT2D eigenvalue weighted by Crippen LogP contribution is -2.33. The van der Waals surface area contributed by atoms with Gasteiger partial charge in [0, 0.05) is 20.3 Å². The average Bonchev–Trinajstić information content (AvgIpc) is 3.38. The van der Waals surface area contributed by atoms with Crippen LogP contribution in [0.25, 0.3) is 0 Å². The predicted molar refractivity (Wildman–Crippen MR) is 116 cm³/mol. The van der Waals surface area contributed by atoms with E-state index in [0.29, 0.717) is 12.2 Å². The van der Waals surface area contributed by atoms with Crippen LogP contribution in [-0.2, 0) is 23.2 Å². The molecule has 0 saturated carbocycles. The quantitative estimate of drug-likeness (QED) is 0.461. The van der Waals surface area contributed by atoms with Gasteiger partial charge < -0.3 is 19.7 Å². The van der Waals surface area contributed by atoms with Gasteiger partial charge in [0.25, 0.3) is 0 Å². The highest BCUT2D eigenvalue weighted by molar-refractivity contribution is 5.90. The number of aryl methyl sites for hydroxylation is 2. The molecule has 0 aliphatic carbocycles. The summed E-state index contributed by atoms with van der Waals surface area (Å²) >= 11 is 0. The van der Waals surface area contributed by atoms with Crippen LogP contribution in [0.4, 0.5) is 10.1 Å². The molecule has 2 aromatic heterocycles. The summed E-state index contributed by atoms with van der Waals surface area (Å²) in [5, 5.41) is 10.8. The molecule has 1 aromatic carbocycles. The fourth-order valence-corrected chi connectivity index (χ4v) is 2.76. The smallest absolute Gasteiger partial charge is 0.335 e. The molecule has 3 rings (SSSR count). The van der Waals surface area contributed by atoms with Gasteiger partial charge in [0.1, 0.15) is 19.5 Å². The van der Waals surface area contributed by atoms with Crippen molar-refractivity contribution in [1.82, 2.24) is 29.4 Å². The summed E-state index contributed by atoms with van der Waals surface area (Å²) in [4.78, 5) is 29.9. The normalized spacial score (nSPS) is 10.7. The maximum atomic E-state index is 13.8. The molecule has 2 heterocycles. The fourth-order valence-electron chi connectivity index (χ4n) is 2.76. The molecule has 1 N–H and O–H groups in total. The average molecular weight is 459 g/mol. The van der Waals surface area contributed by atoms with Gasteiger partial charge in [-0.05, 0) is 24.6 Å². The first-order chi connectivity index (χ1) is 15.8. The van der Waals surface area contributed by atoms with Gasteiger partial charge in [0.05, 0.1) is 31.5 Å². The molecule has 0 radical (unpaired) electrons. The summed E-state index contributed by atoms with van der Waals surface area (Å²) in [5.41, 5.74) is 1.23. The highest BCUT2D eigenvalue weighted by Gasteiger charge is 2.12. The summed E-state index contributed by atoms with van der Waals surface area (Å²) < 4.78 is 27.4. The van der Waals surface area contributed by atoms with Crippen molar-refractivity contribution in [2.75, 3.05) is 32.1 Å². The SMILES string of the molecule is Cc1ccc(OCCC(=O)Nc2cnn(CC(=O)N(C)CCOc3ncn(C)n3)c2)c(F)c1. The van der Waals surface area contributed by atoms with Crippen molar-refractivity contribution in [2.45, 2.75) is 19.9 Å². The van der Waals surface area contributed by atoms with Crippen LogP contribution in [0.2, 0.25) is 0 Å². The van der Waals surface area contributed by atoms with Crippen LogP contribution in [0.15, 0.2) is 36.9 Å². The Morgan fingerprint density at radius 1 is 1.24 bits per heavy atom. The van der Waals surface area contributed by atoms with E-state index in [-0.39, 0.29) is 49.8 Å². The van der Waals surface area contributed by atoms with E-state index in [9.17, 15) is 14.0 Å². The molecule has 0 fully saturated rings. The Bertz CT molecular complexity index is 1100. The zero-order valence-corrected chi connectivity index (χ0v) is 18.7. The third kappa shape index (κ3) is 7.30. The van der Waals surface area contributed by atoms with E-state index in [2.05, 4.69) is 20.5 Å². The van der Waals surface area contributed by atoms with Crippen LogP contribution < -0.4 is 14.8 Å². The van der Waals surface area contributed by atoms with Crippen LogP contribution in [0.5, 0.6) is 11.8 Å². The largest absolute Gasteiger partial charge is 0.490 e. The van der Waals surface area contributed by atoms with E-state index >= 15 is 0 Å². The first-order valence-corrected chi connectivity index (χ1v) is 10.2. The summed E-state index contributed by atoms with van der Waals surface area (Å²) in [6.07, 6.45) is 4.56. The van der Waals surface area contributed by atoms with Crippen molar-refractivity contribution in [3.05, 3.63) is 48.3 Å². The number of anilines is 1. The standard InChI is InChI=1S/C21H26FN7O4/c1-15-4-5-18(17(22)10-15)32-8-6-19(30)25-16-11-24-29(12-16)13-20(31)27(2)7-9-33-21-23-14-28(3)26-21/h4-5,10-12,14H,6-9,13H2,1-3H3,(H,25,30). The van der Waals surface area contributed by atoms with Crippen molar-refractivity contribution in [1.29, 1.82) is 0 Å². The third-order valence-electron chi connectivity index (χ3n) is 4.55. The summed E-state index contributed by atoms with van der Waals surface area (Å²) in [7, 11) is 3.39. The number of likely N-dealkylation sites (N-methyl/N-ethyl adjacent to an activating group) is 1. The fraction of sp³-hybridized carbons (Fsp3) is 0.381. The molecule has 176 valence electrons. The highest BCUT2D eigenvalue weighted by atomic mass is 19.1. The van der Waals surface area contributed by atoms with Gasteiger partial charge in [-0.15, -0.1) is 5.10 Å². The lowest BCUT2D eigenvalue weighted by molar-refractivity contribution is -0.131. The number of nitrogens with zero attached hydrogens (tertiary/aromatic N) is 6. The number of nitrogens with one attached hydrogen (secondary N) is 1. The number of halogens is 1. The van der Waals surface area contributed by atoms with Gasteiger partial charge in [-0.2, -0.15) is 10.1 Å². The number of benzene rings is 1. The number of aromatic nitrogens is 5. The van der Waals surface area contributed by atoms with Crippen LogP contribution in [0.3, 0.4) is 0 Å². The number of amides is 2. The molecule has 0 aliphatic heterocycles. The van der Waals surface area contributed by atoms with Crippen molar-refractivity contribution in [3.8, 4) is 11.8 Å². The third-order valence-corrected chi connectivity index (χ3v) is 4.55. The van der Waals surface area contributed by atoms with Crippen LogP contribution in [0.1, 0.15) is 12.0 Å². The molecule has 0 spiro atoms. The van der Waals surface area contributed by atoms with E-state index in [1.165, 1.54) is 38.9 Å². The van der Waals surface area contributed by atoms with Gasteiger partial charge in [0.2, 0.25) is 11.8 Å². The molecule has 2 amide bonds. The maximum absolute atomic E-state index is 13.8. The number of carbonyl (C=O) groups excluding carboxylic acids is 2. The Morgan fingerprint density at radius 3 is 2.79 bits per heavy atom. The van der Waals surface area contributed by atoms with Crippen molar-refractivity contribution in [3.63, 3.8) is 0 Å². The van der Waals surface area contributed by atoms with Gasteiger partial charge >= 0.3 is 6.01 Å². The van der Waals surface area contributed by atoms with Gasteiger partial charge in [-0.3, -0.25) is 19.0 Å². The maximum Gasteiger partial charge on any atom is 0.335 e. The molecule has 3 aromatic rings. The minimum Gasteiger partial charge on any atom is -0.490 e. The molecule has 0 atom stereocenters. The first-order valence-electron chi connectivity index (χ1n) is 10.2. The zero-order chi connectivity index (χ0) is 23.8. The predicted octanol–water partition coefficient (Wildman–Crippen LogP) is 1.40. The molecule has 0 aliphatic rings. The number of carbonyl (C=O) groups is 2. The van der Waals surface area contributed by atoms with Crippen LogP contribution >= 0.6 is 0 Å². The zero-order valence-electron chi connectivity index (χ0n) is 18.7. The number of rotatable bonds is 11. The van der Waals surface area contributed by atoms with Gasteiger partial charge in [0.15, 0.2) is 11.6 Å². The summed E-state index contributed by atoms with van der Waals surface area (Å²) in [6.45, 7) is 2.41. The number of hydrogen-bond donors (Lipinski definition) is 1. The molecule has 11 nitrogen and oxygen atoms in total. The van der Waals surface area contributed by atoms with Crippen molar-refractivity contribution in [2.24, 2.45) is 7.05 Å². The second kappa shape index (κ2) is 11.1. The first kappa shape index (κ1) is 23.7. The van der Waals surface area contributed by atoms with E-state index < -0.39 is 5.82 Å². The molecule has 12 heteroatoms. The molecule has 0 unspecified atom stereocenters. The number of hydrogen-bond acceptors (Lipinski definition) is 7. The highest BCUT2D eigenvalue weighted by Crippen LogP contribution is 2.18. The monoisotopic (exact) mass is 459 g/mol. The Hall–Kier alpha value is -3.96. The molecular weight excluding hydrogens is 433 g/mol. The lowest BCUT2D eigenvalue weighted by Gasteiger charge is -2.16. The molecular formula is C21H26FN7O4. The van der Waals surface area contributed by atoms with E-state index in [0.717, 1.165) is 5.56 Å². The Balaban J connectivity index is 1.37. The van der Waals surface area contributed by atoms with Gasteiger partial charge in [-0.1, -0.05) is 6.07 Å². The minimum absolute atomic E-state index is 0.00399.